The average Bonchev–Trinajstić information content (AvgIpc) is 3.23. The lowest BCUT2D eigenvalue weighted by Gasteiger charge is -2.43. The van der Waals surface area contributed by atoms with Crippen molar-refractivity contribution < 1.29 is 14.3 Å². The fraction of sp³-hybridized carbons (Fsp3) is 0.273. The van der Waals surface area contributed by atoms with Gasteiger partial charge in [0.15, 0.2) is 11.5 Å². The van der Waals surface area contributed by atoms with Gasteiger partial charge in [0, 0.05) is 16.0 Å². The van der Waals surface area contributed by atoms with Gasteiger partial charge in [0.05, 0.1) is 23.9 Å². The van der Waals surface area contributed by atoms with Crippen molar-refractivity contribution in [3.63, 3.8) is 0 Å². The topological polar surface area (TPSA) is 60.5 Å². The van der Waals surface area contributed by atoms with Crippen LogP contribution in [0.1, 0.15) is 40.9 Å². The summed E-state index contributed by atoms with van der Waals surface area (Å²) in [6, 6.07) is 12.9. The fourth-order valence-electron chi connectivity index (χ4n) is 3.46. The highest BCUT2D eigenvalue weighted by atomic mass is 35.5. The molecule has 0 radical (unpaired) electrons. The second-order valence-corrected chi connectivity index (χ2v) is 8.19. The van der Waals surface area contributed by atoms with Crippen molar-refractivity contribution in [1.82, 2.24) is 10.3 Å². The maximum Gasteiger partial charge on any atom is 0.252 e. The molecule has 1 amide bonds. The molecule has 2 aromatic carbocycles. The van der Waals surface area contributed by atoms with E-state index in [0.717, 1.165) is 30.5 Å². The van der Waals surface area contributed by atoms with Crippen molar-refractivity contribution in [3.05, 3.63) is 75.2 Å². The molecule has 29 heavy (non-hydrogen) atoms. The standard InChI is InChI=1S/C22H21ClN2O3S/c1-27-20-11-15(3-8-19(20)28-12-18-13-29-14-24-18)21(26)25-22(9-2-10-22)16-4-6-17(23)7-5-16/h3-8,11,13-14H,2,9-10,12H2,1H3,(H,25,26). The number of ether oxygens (including phenoxy) is 2. The van der Waals surface area contributed by atoms with Crippen LogP contribution >= 0.6 is 22.9 Å². The van der Waals surface area contributed by atoms with Gasteiger partial charge in [-0.1, -0.05) is 23.7 Å². The summed E-state index contributed by atoms with van der Waals surface area (Å²) in [5.74, 6) is 0.958. The quantitative estimate of drug-likeness (QED) is 0.562. The van der Waals surface area contributed by atoms with E-state index >= 15 is 0 Å². The van der Waals surface area contributed by atoms with Gasteiger partial charge < -0.3 is 14.8 Å². The van der Waals surface area contributed by atoms with Gasteiger partial charge in [-0.15, -0.1) is 11.3 Å². The number of halogens is 1. The highest BCUT2D eigenvalue weighted by Gasteiger charge is 2.40. The predicted octanol–water partition coefficient (Wildman–Crippen LogP) is 5.19. The molecular weight excluding hydrogens is 408 g/mol. The summed E-state index contributed by atoms with van der Waals surface area (Å²) in [6.07, 6.45) is 2.90. The molecule has 1 aromatic heterocycles. The Labute approximate surface area is 178 Å². The normalized spacial score (nSPS) is 14.7. The summed E-state index contributed by atoms with van der Waals surface area (Å²) in [5, 5.41) is 5.84. The molecule has 0 aliphatic heterocycles. The van der Waals surface area contributed by atoms with E-state index in [2.05, 4.69) is 10.3 Å². The highest BCUT2D eigenvalue weighted by molar-refractivity contribution is 7.07. The van der Waals surface area contributed by atoms with E-state index in [0.29, 0.717) is 28.7 Å². The first kappa shape index (κ1) is 19.7. The summed E-state index contributed by atoms with van der Waals surface area (Å²) >= 11 is 7.53. The molecule has 7 heteroatoms. The first-order valence-corrected chi connectivity index (χ1v) is 10.7. The van der Waals surface area contributed by atoms with Gasteiger partial charge in [0.2, 0.25) is 0 Å². The molecule has 1 heterocycles. The van der Waals surface area contributed by atoms with E-state index < -0.39 is 0 Å². The highest BCUT2D eigenvalue weighted by Crippen LogP contribution is 2.42. The van der Waals surface area contributed by atoms with E-state index in [-0.39, 0.29) is 11.4 Å². The maximum absolute atomic E-state index is 13.0. The summed E-state index contributed by atoms with van der Waals surface area (Å²) < 4.78 is 11.2. The molecule has 1 saturated carbocycles. The summed E-state index contributed by atoms with van der Waals surface area (Å²) in [7, 11) is 1.56. The summed E-state index contributed by atoms with van der Waals surface area (Å²) in [4.78, 5) is 17.2. The van der Waals surface area contributed by atoms with Gasteiger partial charge in [0.1, 0.15) is 6.61 Å². The lowest BCUT2D eigenvalue weighted by molar-refractivity contribution is 0.0823. The van der Waals surface area contributed by atoms with Crippen LogP contribution in [0.4, 0.5) is 0 Å². The number of nitrogens with one attached hydrogen (secondary N) is 1. The molecular formula is C22H21ClN2O3S. The lowest BCUT2D eigenvalue weighted by atomic mass is 9.71. The van der Waals surface area contributed by atoms with Crippen molar-refractivity contribution in [1.29, 1.82) is 0 Å². The largest absolute Gasteiger partial charge is 0.493 e. The molecule has 0 atom stereocenters. The number of thiazole rings is 1. The Morgan fingerprint density at radius 2 is 2.00 bits per heavy atom. The molecule has 1 aliphatic rings. The Hall–Kier alpha value is -2.57. The molecule has 4 rings (SSSR count). The molecule has 1 N–H and O–H groups in total. The van der Waals surface area contributed by atoms with E-state index in [1.165, 1.54) is 11.3 Å². The number of carbonyl (C=O) groups excluding carboxylic acids is 1. The smallest absolute Gasteiger partial charge is 0.252 e. The third-order valence-electron chi connectivity index (χ3n) is 5.24. The minimum atomic E-state index is -0.339. The number of aromatic nitrogens is 1. The molecule has 0 unspecified atom stereocenters. The summed E-state index contributed by atoms with van der Waals surface area (Å²) in [5.41, 5.74) is 3.89. The number of rotatable bonds is 7. The van der Waals surface area contributed by atoms with E-state index in [1.54, 1.807) is 30.8 Å². The molecule has 1 aliphatic carbocycles. The van der Waals surface area contributed by atoms with Crippen LogP contribution in [0.3, 0.4) is 0 Å². The number of hydrogen-bond donors (Lipinski definition) is 1. The van der Waals surface area contributed by atoms with Gasteiger partial charge in [-0.3, -0.25) is 4.79 Å². The van der Waals surface area contributed by atoms with Crippen LogP contribution in [-0.2, 0) is 12.1 Å². The van der Waals surface area contributed by atoms with Crippen molar-refractivity contribution in [2.24, 2.45) is 0 Å². The second kappa shape index (κ2) is 8.43. The third kappa shape index (κ3) is 4.23. The lowest BCUT2D eigenvalue weighted by Crippen LogP contribution is -2.50. The molecule has 3 aromatic rings. The zero-order chi connectivity index (χ0) is 20.3. The van der Waals surface area contributed by atoms with E-state index in [4.69, 9.17) is 21.1 Å². The minimum Gasteiger partial charge on any atom is -0.493 e. The molecule has 5 nitrogen and oxygen atoms in total. The monoisotopic (exact) mass is 428 g/mol. The second-order valence-electron chi connectivity index (χ2n) is 7.03. The van der Waals surface area contributed by atoms with E-state index in [9.17, 15) is 4.79 Å². The molecule has 0 bridgehead atoms. The van der Waals surface area contributed by atoms with E-state index in [1.807, 2.05) is 29.6 Å². The van der Waals surface area contributed by atoms with Crippen molar-refractivity contribution in [2.45, 2.75) is 31.4 Å². The number of methoxy groups -OCH3 is 1. The molecule has 0 saturated heterocycles. The molecule has 150 valence electrons. The summed E-state index contributed by atoms with van der Waals surface area (Å²) in [6.45, 7) is 0.352. The van der Waals surface area contributed by atoms with Crippen molar-refractivity contribution >= 4 is 28.8 Å². The van der Waals surface area contributed by atoms with Gasteiger partial charge in [0.25, 0.3) is 5.91 Å². The number of amides is 1. The average molecular weight is 429 g/mol. The SMILES string of the molecule is COc1cc(C(=O)NC2(c3ccc(Cl)cc3)CCC2)ccc1OCc1cscn1. The number of hydrogen-bond acceptors (Lipinski definition) is 5. The fourth-order valence-corrected chi connectivity index (χ4v) is 4.13. The van der Waals surface area contributed by atoms with Gasteiger partial charge in [-0.25, -0.2) is 4.98 Å². The van der Waals surface area contributed by atoms with Crippen LogP contribution in [0.25, 0.3) is 0 Å². The van der Waals surface area contributed by atoms with Crippen LogP contribution in [-0.4, -0.2) is 18.0 Å². The third-order valence-corrected chi connectivity index (χ3v) is 6.13. The zero-order valence-corrected chi connectivity index (χ0v) is 17.6. The van der Waals surface area contributed by atoms with Crippen molar-refractivity contribution in [3.8, 4) is 11.5 Å². The van der Waals surface area contributed by atoms with Crippen LogP contribution in [0, 0.1) is 0 Å². The van der Waals surface area contributed by atoms with Crippen LogP contribution in [0.5, 0.6) is 11.5 Å². The van der Waals surface area contributed by atoms with Crippen molar-refractivity contribution in [2.75, 3.05) is 7.11 Å². The molecule has 0 spiro atoms. The Bertz CT molecular complexity index is 986. The van der Waals surface area contributed by atoms with Crippen LogP contribution < -0.4 is 14.8 Å². The Kier molecular flexibility index (Phi) is 5.74. The predicted molar refractivity (Wildman–Crippen MR) is 114 cm³/mol. The Morgan fingerprint density at radius 3 is 2.62 bits per heavy atom. The van der Waals surface area contributed by atoms with Crippen LogP contribution in [0.2, 0.25) is 5.02 Å². The zero-order valence-electron chi connectivity index (χ0n) is 16.0. The van der Waals surface area contributed by atoms with Gasteiger partial charge in [-0.05, 0) is 55.2 Å². The first-order chi connectivity index (χ1) is 14.1. The first-order valence-electron chi connectivity index (χ1n) is 9.36. The number of nitrogens with zero attached hydrogens (tertiary/aromatic N) is 1. The number of carbonyl (C=O) groups is 1. The number of benzene rings is 2. The van der Waals surface area contributed by atoms with Crippen LogP contribution in [0.15, 0.2) is 53.4 Å². The van der Waals surface area contributed by atoms with Gasteiger partial charge in [-0.2, -0.15) is 0 Å². The maximum atomic E-state index is 13.0. The van der Waals surface area contributed by atoms with Gasteiger partial charge >= 0.3 is 0 Å². The Morgan fingerprint density at radius 1 is 1.21 bits per heavy atom. The minimum absolute atomic E-state index is 0.135. The Balaban J connectivity index is 1.50. The molecule has 1 fully saturated rings.